The molecule has 2 saturated heterocycles. The second-order valence-electron chi connectivity index (χ2n) is 6.73. The van der Waals surface area contributed by atoms with Gasteiger partial charge in [-0.15, -0.1) is 0 Å². The van der Waals surface area contributed by atoms with Crippen LogP contribution in [0.2, 0.25) is 0 Å². The van der Waals surface area contributed by atoms with E-state index in [0.29, 0.717) is 5.92 Å². The average molecular weight is 328 g/mol. The van der Waals surface area contributed by atoms with E-state index in [1.807, 2.05) is 18.5 Å². The highest BCUT2D eigenvalue weighted by atomic mass is 16.3. The van der Waals surface area contributed by atoms with Crippen LogP contribution in [0.5, 0.6) is 0 Å². The van der Waals surface area contributed by atoms with Crippen LogP contribution >= 0.6 is 0 Å². The lowest BCUT2D eigenvalue weighted by atomic mass is 9.95. The standard InChI is InChI=1S/C17H24N6O/c24-14-5-10-22(11-6-14)16-4-7-18-17(20-16)23-9-1-2-13(12-23)15-3-8-19-21-15/h3-4,7-8,13-14,24H,1-2,5-6,9-12H2,(H,19,21). The molecule has 2 aliphatic heterocycles. The van der Waals surface area contributed by atoms with Gasteiger partial charge in [-0.1, -0.05) is 0 Å². The Labute approximate surface area is 141 Å². The molecule has 0 bridgehead atoms. The number of rotatable bonds is 3. The normalized spacial score (nSPS) is 22.8. The van der Waals surface area contributed by atoms with Crippen LogP contribution in [0.1, 0.15) is 37.3 Å². The summed E-state index contributed by atoms with van der Waals surface area (Å²) in [7, 11) is 0. The molecule has 2 aromatic heterocycles. The molecule has 1 atom stereocenters. The average Bonchev–Trinajstić information content (AvgIpc) is 3.17. The van der Waals surface area contributed by atoms with Gasteiger partial charge in [-0.3, -0.25) is 5.10 Å². The van der Waals surface area contributed by atoms with E-state index in [0.717, 1.165) is 57.2 Å². The van der Waals surface area contributed by atoms with Crippen molar-refractivity contribution in [1.29, 1.82) is 0 Å². The number of aromatic amines is 1. The first-order valence-corrected chi connectivity index (χ1v) is 8.80. The Morgan fingerprint density at radius 2 is 1.92 bits per heavy atom. The van der Waals surface area contributed by atoms with Gasteiger partial charge in [0.15, 0.2) is 0 Å². The van der Waals surface area contributed by atoms with Gasteiger partial charge in [-0.2, -0.15) is 10.1 Å². The first kappa shape index (κ1) is 15.4. The highest BCUT2D eigenvalue weighted by molar-refractivity contribution is 5.44. The molecule has 2 fully saturated rings. The predicted octanol–water partition coefficient (Wildman–Crippen LogP) is 1.54. The molecule has 24 heavy (non-hydrogen) atoms. The van der Waals surface area contributed by atoms with Gasteiger partial charge in [0.2, 0.25) is 5.95 Å². The summed E-state index contributed by atoms with van der Waals surface area (Å²) >= 11 is 0. The van der Waals surface area contributed by atoms with Crippen molar-refractivity contribution >= 4 is 11.8 Å². The van der Waals surface area contributed by atoms with E-state index in [4.69, 9.17) is 4.98 Å². The molecule has 2 N–H and O–H groups in total. The van der Waals surface area contributed by atoms with Crippen molar-refractivity contribution in [3.8, 4) is 0 Å². The van der Waals surface area contributed by atoms with Gasteiger partial charge in [-0.25, -0.2) is 4.98 Å². The molecule has 128 valence electrons. The Bertz CT molecular complexity index is 653. The third-order valence-corrected chi connectivity index (χ3v) is 5.08. The smallest absolute Gasteiger partial charge is 0.227 e. The van der Waals surface area contributed by atoms with Gasteiger partial charge >= 0.3 is 0 Å². The van der Waals surface area contributed by atoms with E-state index in [1.54, 1.807) is 0 Å². The maximum absolute atomic E-state index is 9.68. The van der Waals surface area contributed by atoms with E-state index in [9.17, 15) is 5.11 Å². The van der Waals surface area contributed by atoms with E-state index in [2.05, 4.69) is 31.0 Å². The Balaban J connectivity index is 1.48. The van der Waals surface area contributed by atoms with E-state index in [-0.39, 0.29) is 6.10 Å². The number of aliphatic hydroxyl groups is 1. The van der Waals surface area contributed by atoms with Crippen molar-refractivity contribution in [2.24, 2.45) is 0 Å². The van der Waals surface area contributed by atoms with Crippen molar-refractivity contribution in [3.63, 3.8) is 0 Å². The SMILES string of the molecule is OC1CCN(c2ccnc(N3CCCC(c4ccn[nH]4)C3)n2)CC1. The Kier molecular flexibility index (Phi) is 4.34. The van der Waals surface area contributed by atoms with Crippen LogP contribution in [0, 0.1) is 0 Å². The molecule has 0 aromatic carbocycles. The third-order valence-electron chi connectivity index (χ3n) is 5.08. The number of piperidine rings is 2. The minimum absolute atomic E-state index is 0.167. The molecule has 0 amide bonds. The highest BCUT2D eigenvalue weighted by Crippen LogP contribution is 2.28. The molecule has 4 heterocycles. The summed E-state index contributed by atoms with van der Waals surface area (Å²) in [5.74, 6) is 2.23. The summed E-state index contributed by atoms with van der Waals surface area (Å²) in [6.07, 6.45) is 7.42. The molecule has 0 spiro atoms. The summed E-state index contributed by atoms with van der Waals surface area (Å²) in [5.41, 5.74) is 1.20. The number of nitrogens with zero attached hydrogens (tertiary/aromatic N) is 5. The van der Waals surface area contributed by atoms with Gasteiger partial charge in [-0.05, 0) is 37.8 Å². The summed E-state index contributed by atoms with van der Waals surface area (Å²) in [6.45, 7) is 3.62. The number of H-pyrrole nitrogens is 1. The lowest BCUT2D eigenvalue weighted by Crippen LogP contribution is -2.38. The van der Waals surface area contributed by atoms with Crippen LogP contribution < -0.4 is 9.80 Å². The fourth-order valence-corrected chi connectivity index (χ4v) is 3.67. The van der Waals surface area contributed by atoms with Crippen molar-refractivity contribution in [3.05, 3.63) is 30.2 Å². The molecule has 0 radical (unpaired) electrons. The summed E-state index contributed by atoms with van der Waals surface area (Å²) in [6, 6.07) is 4.03. The molecule has 1 unspecified atom stereocenters. The number of anilines is 2. The van der Waals surface area contributed by atoms with E-state index < -0.39 is 0 Å². The molecule has 2 aromatic rings. The van der Waals surface area contributed by atoms with Crippen LogP contribution in [-0.4, -0.2) is 57.6 Å². The zero-order valence-electron chi connectivity index (χ0n) is 13.8. The molecule has 4 rings (SSSR count). The monoisotopic (exact) mass is 328 g/mol. The summed E-state index contributed by atoms with van der Waals surface area (Å²) < 4.78 is 0. The zero-order chi connectivity index (χ0) is 16.4. The molecule has 7 heteroatoms. The Morgan fingerprint density at radius 1 is 1.04 bits per heavy atom. The predicted molar refractivity (Wildman–Crippen MR) is 92.3 cm³/mol. The van der Waals surface area contributed by atoms with Crippen LogP contribution in [-0.2, 0) is 0 Å². The van der Waals surface area contributed by atoms with Gasteiger partial charge in [0.25, 0.3) is 0 Å². The van der Waals surface area contributed by atoms with Gasteiger partial charge in [0.05, 0.1) is 6.10 Å². The molecule has 0 saturated carbocycles. The topological polar surface area (TPSA) is 81.2 Å². The van der Waals surface area contributed by atoms with Crippen molar-refractivity contribution in [2.75, 3.05) is 36.0 Å². The van der Waals surface area contributed by atoms with Crippen LogP contribution in [0.25, 0.3) is 0 Å². The third kappa shape index (κ3) is 3.21. The van der Waals surface area contributed by atoms with Crippen molar-refractivity contribution in [2.45, 2.75) is 37.7 Å². The minimum Gasteiger partial charge on any atom is -0.393 e. The summed E-state index contributed by atoms with van der Waals surface area (Å²) in [5, 5.41) is 16.8. The molecule has 7 nitrogen and oxygen atoms in total. The van der Waals surface area contributed by atoms with Crippen LogP contribution in [0.3, 0.4) is 0 Å². The number of hydrogen-bond acceptors (Lipinski definition) is 6. The Hall–Kier alpha value is -2.15. The second kappa shape index (κ2) is 6.76. The largest absolute Gasteiger partial charge is 0.393 e. The van der Waals surface area contributed by atoms with Gasteiger partial charge in [0, 0.05) is 50.2 Å². The van der Waals surface area contributed by atoms with E-state index in [1.165, 1.54) is 12.1 Å². The molecular weight excluding hydrogens is 304 g/mol. The maximum Gasteiger partial charge on any atom is 0.227 e. The number of aromatic nitrogens is 4. The quantitative estimate of drug-likeness (QED) is 0.890. The van der Waals surface area contributed by atoms with Crippen molar-refractivity contribution in [1.82, 2.24) is 20.2 Å². The molecule has 0 aliphatic carbocycles. The van der Waals surface area contributed by atoms with E-state index >= 15 is 0 Å². The molecule has 2 aliphatic rings. The number of hydrogen-bond donors (Lipinski definition) is 2. The fourth-order valence-electron chi connectivity index (χ4n) is 3.67. The first-order valence-electron chi connectivity index (χ1n) is 8.80. The summed E-state index contributed by atoms with van der Waals surface area (Å²) in [4.78, 5) is 13.8. The van der Waals surface area contributed by atoms with Gasteiger partial charge < -0.3 is 14.9 Å². The fraction of sp³-hybridized carbons (Fsp3) is 0.588. The maximum atomic E-state index is 9.68. The first-order chi connectivity index (χ1) is 11.8. The minimum atomic E-state index is -0.167. The Morgan fingerprint density at radius 3 is 2.71 bits per heavy atom. The van der Waals surface area contributed by atoms with Gasteiger partial charge in [0.1, 0.15) is 5.82 Å². The lowest BCUT2D eigenvalue weighted by molar-refractivity contribution is 0.145. The van der Waals surface area contributed by atoms with Crippen LogP contribution in [0.4, 0.5) is 11.8 Å². The highest BCUT2D eigenvalue weighted by Gasteiger charge is 2.25. The number of aliphatic hydroxyl groups excluding tert-OH is 1. The second-order valence-corrected chi connectivity index (χ2v) is 6.73. The van der Waals surface area contributed by atoms with Crippen molar-refractivity contribution < 1.29 is 5.11 Å². The van der Waals surface area contributed by atoms with Crippen LogP contribution in [0.15, 0.2) is 24.5 Å². The molecular formula is C17H24N6O. The number of nitrogens with one attached hydrogen (secondary N) is 1. The lowest BCUT2D eigenvalue weighted by Gasteiger charge is -2.34. The zero-order valence-corrected chi connectivity index (χ0v) is 13.8.